The molecule has 0 amide bonds. The highest BCUT2D eigenvalue weighted by molar-refractivity contribution is 7.40. The fraction of sp³-hybridized carbons (Fsp3) is 0.333. The van der Waals surface area contributed by atoms with Crippen LogP contribution in [0.5, 0.6) is 5.75 Å². The molecule has 0 aliphatic heterocycles. The van der Waals surface area contributed by atoms with Crippen molar-refractivity contribution in [1.29, 1.82) is 0 Å². The molecule has 1 N–H and O–H groups in total. The minimum atomic E-state index is -2.17. The van der Waals surface area contributed by atoms with Gasteiger partial charge in [-0.1, -0.05) is 18.2 Å². The molecule has 1 rings (SSSR count). The van der Waals surface area contributed by atoms with Crippen LogP contribution in [0.3, 0.4) is 0 Å². The molecular formula is C9H14NO3P. The maximum Gasteiger partial charge on any atom is 0.255 e. The molecule has 1 aromatic rings. The molecule has 4 nitrogen and oxygen atoms in total. The highest BCUT2D eigenvalue weighted by Gasteiger charge is 2.11. The zero-order valence-corrected chi connectivity index (χ0v) is 9.19. The second-order valence-corrected chi connectivity index (χ2v) is 4.49. The van der Waals surface area contributed by atoms with E-state index in [-0.39, 0.29) is 5.78 Å². The van der Waals surface area contributed by atoms with Crippen LogP contribution in [0.15, 0.2) is 30.3 Å². The molecule has 0 bridgehead atoms. The minimum Gasteiger partial charge on any atom is -0.444 e. The van der Waals surface area contributed by atoms with Crippen molar-refractivity contribution in [3.8, 4) is 5.75 Å². The summed E-state index contributed by atoms with van der Waals surface area (Å²) in [5.41, 5.74) is 2.57. The lowest BCUT2D eigenvalue weighted by atomic mass is 10.3. The van der Waals surface area contributed by atoms with Crippen LogP contribution in [0.2, 0.25) is 0 Å². The Morgan fingerprint density at radius 3 is 2.57 bits per heavy atom. The van der Waals surface area contributed by atoms with Gasteiger partial charge in [0.2, 0.25) is 0 Å². The Labute approximate surface area is 84.0 Å². The molecule has 14 heavy (non-hydrogen) atoms. The van der Waals surface area contributed by atoms with E-state index in [0.29, 0.717) is 5.75 Å². The van der Waals surface area contributed by atoms with Gasteiger partial charge in [0, 0.05) is 0 Å². The van der Waals surface area contributed by atoms with Crippen LogP contribution in [-0.4, -0.2) is 12.9 Å². The zero-order chi connectivity index (χ0) is 10.4. The van der Waals surface area contributed by atoms with Crippen molar-refractivity contribution in [2.24, 2.45) is 0 Å². The Morgan fingerprint density at radius 1 is 1.36 bits per heavy atom. The molecule has 1 aromatic carbocycles. The third-order valence-corrected chi connectivity index (χ3v) is 2.87. The normalized spacial score (nSPS) is 14.7. The number of hydrogen-bond donors (Lipinski definition) is 1. The average Bonchev–Trinajstić information content (AvgIpc) is 2.19. The van der Waals surface area contributed by atoms with Gasteiger partial charge in [-0.25, -0.2) is 0 Å². The summed E-state index contributed by atoms with van der Waals surface area (Å²) in [6.07, 6.45) is 0. The van der Waals surface area contributed by atoms with E-state index in [1.54, 1.807) is 19.1 Å². The first kappa shape index (κ1) is 11.2. The first-order valence-corrected chi connectivity index (χ1v) is 5.68. The van der Waals surface area contributed by atoms with E-state index in [4.69, 9.17) is 4.52 Å². The van der Waals surface area contributed by atoms with Gasteiger partial charge in [-0.3, -0.25) is 4.57 Å². The Hall–Kier alpha value is -0.830. The van der Waals surface area contributed by atoms with Gasteiger partial charge in [-0.2, -0.15) is 5.48 Å². The maximum atomic E-state index is 11.5. The number of nitrogens with one attached hydrogen (secondary N) is 1. The summed E-state index contributed by atoms with van der Waals surface area (Å²) >= 11 is 0. The Morgan fingerprint density at radius 2 is 2.00 bits per heavy atom. The predicted molar refractivity (Wildman–Crippen MR) is 55.7 cm³/mol. The molecule has 2 unspecified atom stereocenters. The van der Waals surface area contributed by atoms with Crippen molar-refractivity contribution in [2.45, 2.75) is 12.7 Å². The molecule has 0 aromatic heterocycles. The molecule has 0 saturated heterocycles. The van der Waals surface area contributed by atoms with Crippen LogP contribution >= 0.6 is 8.03 Å². The summed E-state index contributed by atoms with van der Waals surface area (Å²) < 4.78 is 16.8. The van der Waals surface area contributed by atoms with Crippen molar-refractivity contribution in [2.75, 3.05) is 7.11 Å². The number of rotatable bonds is 5. The Bertz CT molecular complexity index is 291. The number of hydrogen-bond acceptors (Lipinski definition) is 4. The fourth-order valence-electron chi connectivity index (χ4n) is 0.918. The molecule has 0 heterocycles. The second-order valence-electron chi connectivity index (χ2n) is 2.78. The second kappa shape index (κ2) is 5.81. The molecule has 0 radical (unpaired) electrons. The summed E-state index contributed by atoms with van der Waals surface area (Å²) in [6, 6.07) is 9.07. The topological polar surface area (TPSA) is 47.6 Å². The quantitative estimate of drug-likeness (QED) is 0.603. The largest absolute Gasteiger partial charge is 0.444 e. The third kappa shape index (κ3) is 3.50. The third-order valence-electron chi connectivity index (χ3n) is 1.61. The SMILES string of the molecule is CONC(C)[PH](=O)Oc1ccccc1. The van der Waals surface area contributed by atoms with E-state index in [1.165, 1.54) is 7.11 Å². The lowest BCUT2D eigenvalue weighted by molar-refractivity contribution is 0.0841. The van der Waals surface area contributed by atoms with Crippen molar-refractivity contribution in [3.63, 3.8) is 0 Å². The summed E-state index contributed by atoms with van der Waals surface area (Å²) in [5, 5.41) is 0. The van der Waals surface area contributed by atoms with E-state index in [2.05, 4.69) is 10.3 Å². The Kier molecular flexibility index (Phi) is 4.66. The monoisotopic (exact) mass is 215 g/mol. The van der Waals surface area contributed by atoms with Gasteiger partial charge >= 0.3 is 0 Å². The number of hydroxylamine groups is 1. The molecule has 0 spiro atoms. The number of benzene rings is 1. The molecule has 5 heteroatoms. The minimum absolute atomic E-state index is 0.301. The van der Waals surface area contributed by atoms with Crippen LogP contribution in [0.1, 0.15) is 6.92 Å². The lowest BCUT2D eigenvalue weighted by Gasteiger charge is -2.12. The molecule has 78 valence electrons. The lowest BCUT2D eigenvalue weighted by Crippen LogP contribution is -2.22. The smallest absolute Gasteiger partial charge is 0.255 e. The van der Waals surface area contributed by atoms with Crippen LogP contribution in [0.4, 0.5) is 0 Å². The van der Waals surface area contributed by atoms with E-state index in [0.717, 1.165) is 0 Å². The summed E-state index contributed by atoms with van der Waals surface area (Å²) in [6.45, 7) is 1.74. The highest BCUT2D eigenvalue weighted by Crippen LogP contribution is 2.29. The average molecular weight is 215 g/mol. The van der Waals surface area contributed by atoms with E-state index in [9.17, 15) is 4.57 Å². The van der Waals surface area contributed by atoms with Crippen LogP contribution in [-0.2, 0) is 9.40 Å². The van der Waals surface area contributed by atoms with Crippen LogP contribution < -0.4 is 10.0 Å². The maximum absolute atomic E-state index is 11.5. The van der Waals surface area contributed by atoms with Crippen molar-refractivity contribution in [1.82, 2.24) is 5.48 Å². The van der Waals surface area contributed by atoms with Crippen LogP contribution in [0.25, 0.3) is 0 Å². The van der Waals surface area contributed by atoms with Gasteiger partial charge in [-0.05, 0) is 19.1 Å². The van der Waals surface area contributed by atoms with Gasteiger partial charge in [0.25, 0.3) is 8.03 Å². The fourth-order valence-corrected chi connectivity index (χ4v) is 1.68. The first-order valence-electron chi connectivity index (χ1n) is 4.29. The standard InChI is InChI=1S/C9H14NO3P/c1-8(10-12-2)14(11)13-9-6-4-3-5-7-9/h3-8,10,14H,1-2H3. The van der Waals surface area contributed by atoms with Gasteiger partial charge in [-0.15, -0.1) is 0 Å². The summed E-state index contributed by atoms with van der Waals surface area (Å²) in [7, 11) is -0.688. The van der Waals surface area contributed by atoms with Crippen LogP contribution in [0, 0.1) is 0 Å². The van der Waals surface area contributed by atoms with Gasteiger partial charge < -0.3 is 9.36 Å². The van der Waals surface area contributed by atoms with Gasteiger partial charge in [0.15, 0.2) is 0 Å². The van der Waals surface area contributed by atoms with Gasteiger partial charge in [0.05, 0.1) is 7.11 Å². The molecule has 0 aliphatic rings. The molecule has 0 saturated carbocycles. The molecule has 2 atom stereocenters. The molecule has 0 fully saturated rings. The number of para-hydroxylation sites is 1. The highest BCUT2D eigenvalue weighted by atomic mass is 31.1. The first-order chi connectivity index (χ1) is 6.74. The van der Waals surface area contributed by atoms with E-state index in [1.807, 2.05) is 18.2 Å². The summed E-state index contributed by atoms with van der Waals surface area (Å²) in [5.74, 6) is 0.311. The van der Waals surface area contributed by atoms with Crippen molar-refractivity contribution in [3.05, 3.63) is 30.3 Å². The van der Waals surface area contributed by atoms with Crippen molar-refractivity contribution >= 4 is 8.03 Å². The predicted octanol–water partition coefficient (Wildman–Crippen LogP) is 2.04. The van der Waals surface area contributed by atoms with E-state index >= 15 is 0 Å². The molecular weight excluding hydrogens is 201 g/mol. The van der Waals surface area contributed by atoms with Gasteiger partial charge in [0.1, 0.15) is 11.5 Å². The summed E-state index contributed by atoms with van der Waals surface area (Å²) in [4.78, 5) is 4.66. The Balaban J connectivity index is 2.49. The zero-order valence-electron chi connectivity index (χ0n) is 8.19. The molecule has 0 aliphatic carbocycles. The van der Waals surface area contributed by atoms with E-state index < -0.39 is 8.03 Å². The van der Waals surface area contributed by atoms with Crippen molar-refractivity contribution < 1.29 is 13.9 Å².